The van der Waals surface area contributed by atoms with E-state index in [1.165, 1.54) is 0 Å². The van der Waals surface area contributed by atoms with E-state index in [1.807, 2.05) is 43.3 Å². The van der Waals surface area contributed by atoms with Crippen LogP contribution in [0.1, 0.15) is 40.4 Å². The zero-order chi connectivity index (χ0) is 19.8. The number of carbonyl (C=O) groups is 1. The number of rotatable bonds is 9. The number of aromatic carboxylic acids is 1. The Balaban J connectivity index is 2.61. The lowest BCUT2D eigenvalue weighted by atomic mass is 9.96. The highest BCUT2D eigenvalue weighted by molar-refractivity contribution is 5.97. The Morgan fingerprint density at radius 3 is 2.52 bits per heavy atom. The summed E-state index contributed by atoms with van der Waals surface area (Å²) in [7, 11) is 1.55. The zero-order valence-electron chi connectivity index (χ0n) is 15.7. The lowest BCUT2D eigenvalue weighted by molar-refractivity contribution is 0.0692. The first-order chi connectivity index (χ1) is 13.0. The maximum atomic E-state index is 12.0. The zero-order valence-corrected chi connectivity index (χ0v) is 15.7. The summed E-state index contributed by atoms with van der Waals surface area (Å²) in [6, 6.07) is 11.4. The van der Waals surface area contributed by atoms with Crippen molar-refractivity contribution in [1.82, 2.24) is 0 Å². The molecule has 0 saturated carbocycles. The van der Waals surface area contributed by atoms with Crippen LogP contribution in [0, 0.1) is 0 Å². The van der Waals surface area contributed by atoms with Crippen molar-refractivity contribution in [2.24, 2.45) is 5.73 Å². The van der Waals surface area contributed by atoms with E-state index in [9.17, 15) is 9.90 Å². The molecule has 2 aromatic rings. The van der Waals surface area contributed by atoms with E-state index in [-0.39, 0.29) is 18.0 Å². The monoisotopic (exact) mass is 367 g/mol. The van der Waals surface area contributed by atoms with Gasteiger partial charge in [-0.3, -0.25) is 5.73 Å². The van der Waals surface area contributed by atoms with Crippen molar-refractivity contribution in [3.8, 4) is 11.5 Å². The predicted octanol–water partition coefficient (Wildman–Crippen LogP) is 4.37. The molecule has 0 bridgehead atoms. The molecule has 2 rings (SSSR count). The fraction of sp³-hybridized carbons (Fsp3) is 0.227. The Labute approximate surface area is 159 Å². The number of hydrogen-bond acceptors (Lipinski definition) is 4. The van der Waals surface area contributed by atoms with E-state index in [1.54, 1.807) is 19.3 Å². The van der Waals surface area contributed by atoms with E-state index in [2.05, 4.69) is 6.58 Å². The second-order valence-corrected chi connectivity index (χ2v) is 6.17. The molecule has 27 heavy (non-hydrogen) atoms. The molecule has 0 heterocycles. The maximum Gasteiger partial charge on any atom is 0.340 e. The summed E-state index contributed by atoms with van der Waals surface area (Å²) < 4.78 is 11.1. The topological polar surface area (TPSA) is 81.8 Å². The Bertz CT molecular complexity index is 841. The van der Waals surface area contributed by atoms with Gasteiger partial charge in [-0.1, -0.05) is 48.1 Å². The van der Waals surface area contributed by atoms with Crippen LogP contribution in [0.2, 0.25) is 0 Å². The number of carboxylic acids is 1. The highest BCUT2D eigenvalue weighted by Gasteiger charge is 2.23. The fourth-order valence-corrected chi connectivity index (χ4v) is 2.80. The molecule has 0 aliphatic heterocycles. The van der Waals surface area contributed by atoms with Crippen LogP contribution in [0.25, 0.3) is 12.2 Å². The molecule has 0 amide bonds. The van der Waals surface area contributed by atoms with Gasteiger partial charge in [0.2, 0.25) is 0 Å². The standard InChI is InChI=1S/C22H25NO4/c1-15(2)9-12-18-19(26-3)13-17(11-10-16-7-5-4-6-8-16)20(22(24)25)21(18)27-14-23/h4-8,10-11,13H,1,9,12,14,23H2,2-3H3,(H,24,25). The first-order valence-corrected chi connectivity index (χ1v) is 8.65. The van der Waals surface area contributed by atoms with Gasteiger partial charge in [-0.25, -0.2) is 4.79 Å². The number of allylic oxidation sites excluding steroid dienone is 1. The van der Waals surface area contributed by atoms with Crippen LogP contribution >= 0.6 is 0 Å². The van der Waals surface area contributed by atoms with Crippen molar-refractivity contribution in [2.75, 3.05) is 13.8 Å². The molecule has 0 unspecified atom stereocenters. The van der Waals surface area contributed by atoms with Gasteiger partial charge in [0, 0.05) is 5.56 Å². The fourth-order valence-electron chi connectivity index (χ4n) is 2.80. The summed E-state index contributed by atoms with van der Waals surface area (Å²) >= 11 is 0. The molecule has 0 atom stereocenters. The molecule has 142 valence electrons. The van der Waals surface area contributed by atoms with Crippen LogP contribution in [-0.4, -0.2) is 24.9 Å². The molecular formula is C22H25NO4. The van der Waals surface area contributed by atoms with Crippen LogP contribution in [-0.2, 0) is 6.42 Å². The van der Waals surface area contributed by atoms with Crippen LogP contribution in [0.3, 0.4) is 0 Å². The highest BCUT2D eigenvalue weighted by atomic mass is 16.5. The number of carboxylic acid groups (broad SMARTS) is 1. The minimum Gasteiger partial charge on any atom is -0.496 e. The molecule has 3 N–H and O–H groups in total. The van der Waals surface area contributed by atoms with Gasteiger partial charge in [-0.05, 0) is 37.0 Å². The predicted molar refractivity (Wildman–Crippen MR) is 108 cm³/mol. The number of nitrogens with two attached hydrogens (primary N) is 1. The summed E-state index contributed by atoms with van der Waals surface area (Å²) in [5, 5.41) is 9.82. The Kier molecular flexibility index (Phi) is 7.20. The number of methoxy groups -OCH3 is 1. The summed E-state index contributed by atoms with van der Waals surface area (Å²) in [4.78, 5) is 12.0. The lowest BCUT2D eigenvalue weighted by Gasteiger charge is -2.18. The summed E-state index contributed by atoms with van der Waals surface area (Å²) in [6.07, 6.45) is 4.83. The van der Waals surface area contributed by atoms with E-state index in [0.717, 1.165) is 11.1 Å². The molecular weight excluding hydrogens is 342 g/mol. The smallest absolute Gasteiger partial charge is 0.340 e. The number of hydrogen-bond donors (Lipinski definition) is 2. The maximum absolute atomic E-state index is 12.0. The third kappa shape index (κ3) is 5.21. The van der Waals surface area contributed by atoms with Crippen molar-refractivity contribution in [1.29, 1.82) is 0 Å². The first-order valence-electron chi connectivity index (χ1n) is 8.65. The SMILES string of the molecule is C=C(C)CCc1c(OC)cc(C=Cc2ccccc2)c(C(=O)O)c1OCN. The summed E-state index contributed by atoms with van der Waals surface area (Å²) in [6.45, 7) is 5.70. The van der Waals surface area contributed by atoms with Crippen molar-refractivity contribution in [3.05, 3.63) is 70.8 Å². The van der Waals surface area contributed by atoms with Crippen LogP contribution < -0.4 is 15.2 Å². The summed E-state index contributed by atoms with van der Waals surface area (Å²) in [5.74, 6) is -0.263. The minimum atomic E-state index is -1.08. The quantitative estimate of drug-likeness (QED) is 0.391. The molecule has 0 aliphatic carbocycles. The second kappa shape index (κ2) is 9.59. The van der Waals surface area contributed by atoms with Crippen LogP contribution in [0.4, 0.5) is 0 Å². The van der Waals surface area contributed by atoms with Crippen molar-refractivity contribution >= 4 is 18.1 Å². The van der Waals surface area contributed by atoms with Gasteiger partial charge in [0.05, 0.1) is 7.11 Å². The van der Waals surface area contributed by atoms with Gasteiger partial charge in [0.1, 0.15) is 23.8 Å². The largest absolute Gasteiger partial charge is 0.496 e. The normalized spacial score (nSPS) is 10.8. The lowest BCUT2D eigenvalue weighted by Crippen LogP contribution is -2.14. The van der Waals surface area contributed by atoms with E-state index < -0.39 is 5.97 Å². The van der Waals surface area contributed by atoms with E-state index in [0.29, 0.717) is 29.7 Å². The van der Waals surface area contributed by atoms with Crippen LogP contribution in [0.5, 0.6) is 11.5 Å². The average Bonchev–Trinajstić information content (AvgIpc) is 2.65. The van der Waals surface area contributed by atoms with Gasteiger partial charge in [0.15, 0.2) is 0 Å². The van der Waals surface area contributed by atoms with Crippen LogP contribution in [0.15, 0.2) is 48.6 Å². The van der Waals surface area contributed by atoms with Gasteiger partial charge in [-0.2, -0.15) is 0 Å². The summed E-state index contributed by atoms with van der Waals surface area (Å²) in [5.41, 5.74) is 8.76. The Morgan fingerprint density at radius 1 is 1.26 bits per heavy atom. The molecule has 0 fully saturated rings. The Morgan fingerprint density at radius 2 is 1.96 bits per heavy atom. The highest BCUT2D eigenvalue weighted by Crippen LogP contribution is 2.37. The van der Waals surface area contributed by atoms with Crippen molar-refractivity contribution in [3.63, 3.8) is 0 Å². The average molecular weight is 367 g/mol. The van der Waals surface area contributed by atoms with E-state index in [4.69, 9.17) is 15.2 Å². The Hall–Kier alpha value is -3.05. The molecule has 0 radical (unpaired) electrons. The first kappa shape index (κ1) is 20.3. The third-order valence-electron chi connectivity index (χ3n) is 4.09. The molecule has 0 spiro atoms. The molecule has 5 nitrogen and oxygen atoms in total. The number of benzene rings is 2. The van der Waals surface area contributed by atoms with Crippen molar-refractivity contribution in [2.45, 2.75) is 19.8 Å². The van der Waals surface area contributed by atoms with Gasteiger partial charge >= 0.3 is 5.97 Å². The minimum absolute atomic E-state index is 0.0742. The van der Waals surface area contributed by atoms with Gasteiger partial charge < -0.3 is 14.6 Å². The molecule has 2 aromatic carbocycles. The molecule has 0 aliphatic rings. The van der Waals surface area contributed by atoms with Crippen molar-refractivity contribution < 1.29 is 19.4 Å². The van der Waals surface area contributed by atoms with Gasteiger partial charge in [-0.15, -0.1) is 6.58 Å². The third-order valence-corrected chi connectivity index (χ3v) is 4.09. The molecule has 0 saturated heterocycles. The number of ether oxygens (including phenoxy) is 2. The van der Waals surface area contributed by atoms with E-state index >= 15 is 0 Å². The molecule has 0 aromatic heterocycles. The second-order valence-electron chi connectivity index (χ2n) is 6.17. The van der Waals surface area contributed by atoms with Gasteiger partial charge in [0.25, 0.3) is 0 Å². The molecule has 5 heteroatoms.